The van der Waals surface area contributed by atoms with E-state index in [1.165, 1.54) is 0 Å². The van der Waals surface area contributed by atoms with Gasteiger partial charge in [-0.25, -0.2) is 4.98 Å². The molecule has 0 spiro atoms. The van der Waals surface area contributed by atoms with Crippen molar-refractivity contribution >= 4 is 15.9 Å². The molecule has 0 aliphatic carbocycles. The van der Waals surface area contributed by atoms with E-state index in [4.69, 9.17) is 0 Å². The van der Waals surface area contributed by atoms with E-state index >= 15 is 0 Å². The van der Waals surface area contributed by atoms with Crippen molar-refractivity contribution < 1.29 is 0 Å². The van der Waals surface area contributed by atoms with Crippen LogP contribution in [0.3, 0.4) is 0 Å². The van der Waals surface area contributed by atoms with E-state index in [1.807, 2.05) is 0 Å². The summed E-state index contributed by atoms with van der Waals surface area (Å²) >= 11 is 3.32. The molecule has 0 aliphatic heterocycles. The fourth-order valence-corrected chi connectivity index (χ4v) is 1.17. The molecule has 0 atom stereocenters. The molecule has 1 rings (SSSR count). The Morgan fingerprint density at radius 2 is 2.10 bits per heavy atom. The van der Waals surface area contributed by atoms with Crippen LogP contribution in [0.15, 0.2) is 17.0 Å². The van der Waals surface area contributed by atoms with Crippen molar-refractivity contribution in [3.63, 3.8) is 0 Å². The van der Waals surface area contributed by atoms with Crippen molar-refractivity contribution in [1.82, 2.24) is 9.97 Å². The predicted octanol–water partition coefficient (Wildman–Crippen LogP) is 2.19. The predicted molar refractivity (Wildman–Crippen MR) is 43.7 cm³/mol. The lowest BCUT2D eigenvalue weighted by Crippen LogP contribution is -1.91. The minimum absolute atomic E-state index is 0.872. The second kappa shape index (κ2) is 3.66. The molecule has 0 saturated carbocycles. The first kappa shape index (κ1) is 7.66. The van der Waals surface area contributed by atoms with Gasteiger partial charge in [0.25, 0.3) is 0 Å². The zero-order chi connectivity index (χ0) is 7.40. The highest BCUT2D eigenvalue weighted by Gasteiger charge is 1.97. The molecule has 0 N–H and O–H groups in total. The largest absolute Gasteiger partial charge is 0.257 e. The van der Waals surface area contributed by atoms with Crippen LogP contribution in [-0.2, 0) is 6.42 Å². The molecule has 0 fully saturated rings. The van der Waals surface area contributed by atoms with Crippen molar-refractivity contribution in [2.45, 2.75) is 19.8 Å². The number of aryl methyl sites for hydroxylation is 1. The Labute approximate surface area is 68.8 Å². The zero-order valence-electron chi connectivity index (χ0n) is 5.84. The number of nitrogens with zero attached hydrogens (tertiary/aromatic N) is 2. The van der Waals surface area contributed by atoms with Crippen LogP contribution in [0.2, 0.25) is 0 Å². The summed E-state index contributed by atoms with van der Waals surface area (Å²) in [5.74, 6) is 0. The third kappa shape index (κ3) is 1.77. The van der Waals surface area contributed by atoms with Gasteiger partial charge in [-0.1, -0.05) is 13.3 Å². The Balaban J connectivity index is 2.81. The highest BCUT2D eigenvalue weighted by atomic mass is 79.9. The fraction of sp³-hybridized carbons (Fsp3) is 0.429. The van der Waals surface area contributed by atoms with E-state index in [0.29, 0.717) is 0 Å². The van der Waals surface area contributed by atoms with Crippen molar-refractivity contribution in [2.75, 3.05) is 0 Å². The number of hydrogen-bond acceptors (Lipinski definition) is 2. The topological polar surface area (TPSA) is 25.8 Å². The number of aromatic nitrogens is 2. The van der Waals surface area contributed by atoms with Crippen LogP contribution < -0.4 is 0 Å². The van der Waals surface area contributed by atoms with Crippen LogP contribution in [0.25, 0.3) is 0 Å². The summed E-state index contributed by atoms with van der Waals surface area (Å²) in [5, 5.41) is 0. The first-order valence-corrected chi connectivity index (χ1v) is 4.09. The molecule has 54 valence electrons. The van der Waals surface area contributed by atoms with Crippen LogP contribution in [0.5, 0.6) is 0 Å². The van der Waals surface area contributed by atoms with E-state index in [0.717, 1.165) is 23.1 Å². The molecular formula is C7H9BrN2. The summed E-state index contributed by atoms with van der Waals surface area (Å²) < 4.78 is 0.872. The van der Waals surface area contributed by atoms with Crippen molar-refractivity contribution in [3.05, 3.63) is 22.7 Å². The van der Waals surface area contributed by atoms with E-state index in [-0.39, 0.29) is 0 Å². The van der Waals surface area contributed by atoms with E-state index in [9.17, 15) is 0 Å². The van der Waals surface area contributed by atoms with Gasteiger partial charge in [-0.3, -0.25) is 4.98 Å². The van der Waals surface area contributed by atoms with Crippen LogP contribution >= 0.6 is 15.9 Å². The maximum Gasteiger partial charge on any atom is 0.127 e. The summed E-state index contributed by atoms with van der Waals surface area (Å²) in [6.07, 6.45) is 5.50. The average Bonchev–Trinajstić information content (AvgIpc) is 1.94. The second-order valence-electron chi connectivity index (χ2n) is 2.04. The number of hydrogen-bond donors (Lipinski definition) is 0. The SMILES string of the molecule is CCCc1nccnc1Br. The molecular weight excluding hydrogens is 192 g/mol. The van der Waals surface area contributed by atoms with Gasteiger partial charge in [0.15, 0.2) is 0 Å². The van der Waals surface area contributed by atoms with Gasteiger partial charge in [0.2, 0.25) is 0 Å². The molecule has 1 aromatic heterocycles. The van der Waals surface area contributed by atoms with Crippen LogP contribution in [0.1, 0.15) is 19.0 Å². The Morgan fingerprint density at radius 1 is 1.40 bits per heavy atom. The van der Waals surface area contributed by atoms with Crippen LogP contribution in [0, 0.1) is 0 Å². The molecule has 0 aliphatic rings. The molecule has 0 radical (unpaired) electrons. The highest BCUT2D eigenvalue weighted by molar-refractivity contribution is 9.10. The van der Waals surface area contributed by atoms with Gasteiger partial charge in [-0.2, -0.15) is 0 Å². The van der Waals surface area contributed by atoms with Crippen LogP contribution in [0.4, 0.5) is 0 Å². The van der Waals surface area contributed by atoms with Gasteiger partial charge in [-0.05, 0) is 22.4 Å². The molecule has 0 unspecified atom stereocenters. The Bertz CT molecular complexity index is 213. The number of halogens is 1. The summed E-state index contributed by atoms with van der Waals surface area (Å²) in [6, 6.07) is 0. The minimum atomic E-state index is 0.872. The molecule has 0 bridgehead atoms. The lowest BCUT2D eigenvalue weighted by atomic mass is 10.3. The summed E-state index contributed by atoms with van der Waals surface area (Å²) in [4.78, 5) is 8.21. The van der Waals surface area contributed by atoms with Gasteiger partial charge in [-0.15, -0.1) is 0 Å². The first-order valence-electron chi connectivity index (χ1n) is 3.30. The molecule has 0 saturated heterocycles. The zero-order valence-corrected chi connectivity index (χ0v) is 7.43. The lowest BCUT2D eigenvalue weighted by molar-refractivity contribution is 0.860. The van der Waals surface area contributed by atoms with Gasteiger partial charge < -0.3 is 0 Å². The lowest BCUT2D eigenvalue weighted by Gasteiger charge is -1.97. The smallest absolute Gasteiger partial charge is 0.127 e. The fourth-order valence-electron chi connectivity index (χ4n) is 0.754. The number of rotatable bonds is 2. The Kier molecular flexibility index (Phi) is 2.81. The second-order valence-corrected chi connectivity index (χ2v) is 2.79. The third-order valence-corrected chi connectivity index (χ3v) is 1.87. The first-order chi connectivity index (χ1) is 4.84. The van der Waals surface area contributed by atoms with Crippen molar-refractivity contribution in [3.8, 4) is 0 Å². The minimum Gasteiger partial charge on any atom is -0.257 e. The Hall–Kier alpha value is -0.440. The van der Waals surface area contributed by atoms with E-state index < -0.39 is 0 Å². The quantitative estimate of drug-likeness (QED) is 0.732. The van der Waals surface area contributed by atoms with Gasteiger partial charge in [0.1, 0.15) is 4.60 Å². The maximum absolute atomic E-state index is 4.16. The molecule has 0 aromatic carbocycles. The molecule has 0 amide bonds. The molecule has 1 aromatic rings. The van der Waals surface area contributed by atoms with Crippen molar-refractivity contribution in [1.29, 1.82) is 0 Å². The van der Waals surface area contributed by atoms with Crippen molar-refractivity contribution in [2.24, 2.45) is 0 Å². The summed E-state index contributed by atoms with van der Waals surface area (Å²) in [5.41, 5.74) is 1.05. The molecule has 2 nitrogen and oxygen atoms in total. The monoisotopic (exact) mass is 200 g/mol. The molecule has 10 heavy (non-hydrogen) atoms. The normalized spacial score (nSPS) is 9.80. The average molecular weight is 201 g/mol. The standard InChI is InChI=1S/C7H9BrN2/c1-2-3-6-7(8)10-5-4-9-6/h4-5H,2-3H2,1H3. The van der Waals surface area contributed by atoms with Gasteiger partial charge in [0, 0.05) is 12.4 Å². The van der Waals surface area contributed by atoms with E-state index in [2.05, 4.69) is 32.8 Å². The van der Waals surface area contributed by atoms with Gasteiger partial charge >= 0.3 is 0 Å². The van der Waals surface area contributed by atoms with Crippen LogP contribution in [-0.4, -0.2) is 9.97 Å². The molecule has 1 heterocycles. The van der Waals surface area contributed by atoms with Gasteiger partial charge in [0.05, 0.1) is 5.69 Å². The summed E-state index contributed by atoms with van der Waals surface area (Å²) in [6.45, 7) is 2.13. The molecule has 3 heteroatoms. The maximum atomic E-state index is 4.16. The Morgan fingerprint density at radius 3 is 2.70 bits per heavy atom. The third-order valence-electron chi connectivity index (χ3n) is 1.21. The van der Waals surface area contributed by atoms with E-state index in [1.54, 1.807) is 12.4 Å². The summed E-state index contributed by atoms with van der Waals surface area (Å²) in [7, 11) is 0. The highest BCUT2D eigenvalue weighted by Crippen LogP contribution is 2.10.